The zero-order chi connectivity index (χ0) is 33.1. The zero-order valence-corrected chi connectivity index (χ0v) is 28.2. The van der Waals surface area contributed by atoms with Crippen molar-refractivity contribution in [2.24, 2.45) is 0 Å². The Morgan fingerprint density at radius 2 is 0.900 bits per heavy atom. The van der Waals surface area contributed by atoms with E-state index in [0.717, 1.165) is 6.42 Å². The van der Waals surface area contributed by atoms with Crippen molar-refractivity contribution in [1.82, 2.24) is 0 Å². The lowest BCUT2D eigenvalue weighted by Gasteiger charge is -2.22. The minimum Gasteiger partial charge on any atom is -0.0619 e. The molecule has 0 fully saturated rings. The fraction of sp³-hybridized carbons (Fsp3) is 0.0800. The molecule has 0 aromatic heterocycles. The van der Waals surface area contributed by atoms with E-state index in [1.54, 1.807) is 0 Å². The Bertz CT molecular complexity index is 2850. The molecule has 9 aromatic carbocycles. The van der Waals surface area contributed by atoms with Crippen molar-refractivity contribution in [3.63, 3.8) is 0 Å². The third-order valence-electron chi connectivity index (χ3n) is 11.9. The molecule has 0 aliphatic heterocycles. The van der Waals surface area contributed by atoms with E-state index >= 15 is 0 Å². The largest absolute Gasteiger partial charge is 0.0619 e. The van der Waals surface area contributed by atoms with Crippen LogP contribution in [0.25, 0.3) is 88.0 Å². The molecule has 0 saturated carbocycles. The van der Waals surface area contributed by atoms with Crippen LogP contribution in [0, 0.1) is 0 Å². The van der Waals surface area contributed by atoms with Crippen molar-refractivity contribution < 1.29 is 0 Å². The normalized spacial score (nSPS) is 13.9. The zero-order valence-electron chi connectivity index (χ0n) is 28.2. The van der Waals surface area contributed by atoms with Crippen molar-refractivity contribution in [3.05, 3.63) is 180 Å². The van der Waals surface area contributed by atoms with Crippen LogP contribution >= 0.6 is 0 Å². The first-order chi connectivity index (χ1) is 24.5. The number of hydrogen-bond donors (Lipinski definition) is 0. The van der Waals surface area contributed by atoms with E-state index in [9.17, 15) is 0 Å². The van der Waals surface area contributed by atoms with Crippen LogP contribution in [-0.4, -0.2) is 0 Å². The molecule has 0 amide bonds. The summed E-state index contributed by atoms with van der Waals surface area (Å²) in [5, 5.41) is 7.93. The molecule has 2 aliphatic carbocycles. The third kappa shape index (κ3) is 3.77. The van der Waals surface area contributed by atoms with Gasteiger partial charge in [-0.3, -0.25) is 0 Å². The van der Waals surface area contributed by atoms with Gasteiger partial charge in [0, 0.05) is 5.41 Å². The maximum atomic E-state index is 2.45. The molecule has 9 aromatic rings. The van der Waals surface area contributed by atoms with Crippen LogP contribution in [0.4, 0.5) is 0 Å². The van der Waals surface area contributed by atoms with Crippen LogP contribution in [0.1, 0.15) is 36.1 Å². The second-order valence-electron chi connectivity index (χ2n) is 14.8. The highest BCUT2D eigenvalue weighted by atomic mass is 14.4. The predicted octanol–water partition coefficient (Wildman–Crippen LogP) is 13.5. The minimum atomic E-state index is -0.0261. The average molecular weight is 635 g/mol. The Morgan fingerprint density at radius 1 is 0.380 bits per heavy atom. The summed E-state index contributed by atoms with van der Waals surface area (Å²) in [7, 11) is 0. The molecule has 11 rings (SSSR count). The van der Waals surface area contributed by atoms with E-state index in [4.69, 9.17) is 0 Å². The Labute approximate surface area is 292 Å². The highest BCUT2D eigenvalue weighted by molar-refractivity contribution is 6.27. The van der Waals surface area contributed by atoms with Crippen LogP contribution in [0.15, 0.2) is 158 Å². The molecule has 0 unspecified atom stereocenters. The summed E-state index contributed by atoms with van der Waals surface area (Å²) in [6.07, 6.45) is 0.997. The van der Waals surface area contributed by atoms with E-state index in [0.29, 0.717) is 0 Å². The molecule has 2 aliphatic rings. The van der Waals surface area contributed by atoms with Crippen molar-refractivity contribution in [2.45, 2.75) is 25.7 Å². The minimum absolute atomic E-state index is 0.0261. The highest BCUT2D eigenvalue weighted by Gasteiger charge is 2.35. The van der Waals surface area contributed by atoms with Crippen molar-refractivity contribution in [1.29, 1.82) is 0 Å². The first-order valence-corrected chi connectivity index (χ1v) is 17.8. The molecule has 0 N–H and O–H groups in total. The smallest absolute Gasteiger partial charge is 0.0159 e. The molecule has 0 heterocycles. The quantitative estimate of drug-likeness (QED) is 0.170. The van der Waals surface area contributed by atoms with Gasteiger partial charge in [-0.25, -0.2) is 0 Å². The van der Waals surface area contributed by atoms with E-state index in [2.05, 4.69) is 172 Å². The SMILES string of the molecule is CC1(C)c2ccccc2-c2ccc(-c3ccc4ccc5c(-c6ccc(-c7cccc8c7Cc7ccccc7-8)cc6)ccc6ccc3c4c65)cc21. The van der Waals surface area contributed by atoms with E-state index in [-0.39, 0.29) is 5.41 Å². The molecule has 0 nitrogen and oxygen atoms in total. The molecule has 0 bridgehead atoms. The van der Waals surface area contributed by atoms with E-state index in [1.165, 1.54) is 110 Å². The van der Waals surface area contributed by atoms with Gasteiger partial charge >= 0.3 is 0 Å². The van der Waals surface area contributed by atoms with Crippen molar-refractivity contribution in [2.75, 3.05) is 0 Å². The average Bonchev–Trinajstić information content (AvgIpc) is 3.66. The van der Waals surface area contributed by atoms with Gasteiger partial charge in [0.2, 0.25) is 0 Å². The lowest BCUT2D eigenvalue weighted by Crippen LogP contribution is -2.14. The number of hydrogen-bond acceptors (Lipinski definition) is 0. The van der Waals surface area contributed by atoms with Gasteiger partial charge in [0.1, 0.15) is 0 Å². The summed E-state index contributed by atoms with van der Waals surface area (Å²) in [6.45, 7) is 4.73. The van der Waals surface area contributed by atoms with E-state index < -0.39 is 0 Å². The third-order valence-corrected chi connectivity index (χ3v) is 11.9. The maximum Gasteiger partial charge on any atom is 0.0159 e. The second-order valence-corrected chi connectivity index (χ2v) is 14.8. The van der Waals surface area contributed by atoms with Crippen LogP contribution in [0.3, 0.4) is 0 Å². The summed E-state index contributed by atoms with van der Waals surface area (Å²) in [4.78, 5) is 0. The fourth-order valence-electron chi connectivity index (χ4n) is 9.43. The monoisotopic (exact) mass is 634 g/mol. The van der Waals surface area contributed by atoms with Crippen molar-refractivity contribution in [3.8, 4) is 55.6 Å². The lowest BCUT2D eigenvalue weighted by atomic mass is 9.81. The molecule has 234 valence electrons. The van der Waals surface area contributed by atoms with Crippen LogP contribution in [-0.2, 0) is 11.8 Å². The Kier molecular flexibility index (Phi) is 5.60. The van der Waals surface area contributed by atoms with Gasteiger partial charge in [-0.2, -0.15) is 0 Å². The Balaban J connectivity index is 1.03. The molecule has 50 heavy (non-hydrogen) atoms. The summed E-state index contributed by atoms with van der Waals surface area (Å²) >= 11 is 0. The van der Waals surface area contributed by atoms with Gasteiger partial charge in [0.15, 0.2) is 0 Å². The van der Waals surface area contributed by atoms with Gasteiger partial charge in [0.25, 0.3) is 0 Å². The van der Waals surface area contributed by atoms with Gasteiger partial charge in [-0.05, 0) is 123 Å². The maximum absolute atomic E-state index is 2.45. The molecule has 0 heteroatoms. The van der Waals surface area contributed by atoms with Crippen LogP contribution in [0.5, 0.6) is 0 Å². The van der Waals surface area contributed by atoms with Crippen LogP contribution < -0.4 is 0 Å². The molecule has 0 saturated heterocycles. The summed E-state index contributed by atoms with van der Waals surface area (Å²) in [5.74, 6) is 0. The second kappa shape index (κ2) is 10.0. The topological polar surface area (TPSA) is 0 Å². The van der Waals surface area contributed by atoms with Gasteiger partial charge < -0.3 is 0 Å². The molecular weight excluding hydrogens is 601 g/mol. The summed E-state index contributed by atoms with van der Waals surface area (Å²) < 4.78 is 0. The summed E-state index contributed by atoms with van der Waals surface area (Å²) in [6, 6.07) is 59.5. The van der Waals surface area contributed by atoms with Crippen molar-refractivity contribution >= 4 is 32.3 Å². The fourth-order valence-corrected chi connectivity index (χ4v) is 9.43. The lowest BCUT2D eigenvalue weighted by molar-refractivity contribution is 0.660. The molecule has 0 atom stereocenters. The number of fused-ring (bicyclic) bond motifs is 6. The first-order valence-electron chi connectivity index (χ1n) is 17.8. The molecule has 0 spiro atoms. The van der Waals surface area contributed by atoms with Gasteiger partial charge in [0.05, 0.1) is 0 Å². The molecule has 0 radical (unpaired) electrons. The summed E-state index contributed by atoms with van der Waals surface area (Å²) in [5.41, 5.74) is 18.9. The first kappa shape index (κ1) is 27.9. The van der Waals surface area contributed by atoms with Crippen LogP contribution in [0.2, 0.25) is 0 Å². The highest BCUT2D eigenvalue weighted by Crippen LogP contribution is 2.50. The standard InChI is InChI=1S/C50H34/c1-50(2)46-13-6-5-10-41(46)42-25-22-35(29-47(42)50)39-24-19-33-20-26-43-38(23-18-32-21-27-44(39)49(33)48(32)43)31-16-14-30(15-17-31)36-11-7-12-40-37-9-4-3-8-34(37)28-45(36)40/h3-27,29H,28H2,1-2H3. The predicted molar refractivity (Wildman–Crippen MR) is 212 cm³/mol. The van der Waals surface area contributed by atoms with Gasteiger partial charge in [-0.15, -0.1) is 0 Å². The Morgan fingerprint density at radius 3 is 1.64 bits per heavy atom. The number of benzene rings is 9. The Hall–Kier alpha value is -5.98. The van der Waals surface area contributed by atoms with E-state index in [1.807, 2.05) is 0 Å². The number of rotatable bonds is 3. The van der Waals surface area contributed by atoms with Gasteiger partial charge in [-0.1, -0.05) is 166 Å². The molecular formula is C50H34.